The molecule has 0 aliphatic heterocycles. The van der Waals surface area contributed by atoms with Crippen molar-refractivity contribution in [2.45, 2.75) is 6.54 Å². The van der Waals surface area contributed by atoms with Crippen LogP contribution in [0.25, 0.3) is 0 Å². The molecule has 0 unspecified atom stereocenters. The molecular formula is C8H11N2O2+. The Kier molecular flexibility index (Phi) is 2.63. The van der Waals surface area contributed by atoms with E-state index in [4.69, 9.17) is 4.74 Å². The third-order valence-corrected chi connectivity index (χ3v) is 1.50. The van der Waals surface area contributed by atoms with Crippen LogP contribution in [0, 0.1) is 0 Å². The standard InChI is InChI=1S/C8H11N2O2/c1-3-4-10-6-5-9(2)8(10)12-7-11/h3,5-7H,1,4H2,2H3/q+1. The normalized spacial score (nSPS) is 9.42. The Morgan fingerprint density at radius 2 is 2.58 bits per heavy atom. The van der Waals surface area contributed by atoms with Gasteiger partial charge in [0.2, 0.25) is 0 Å². The Hall–Kier alpha value is -1.58. The molecule has 1 aromatic heterocycles. The van der Waals surface area contributed by atoms with E-state index in [1.54, 1.807) is 22.3 Å². The molecule has 1 rings (SSSR count). The van der Waals surface area contributed by atoms with Crippen LogP contribution in [-0.4, -0.2) is 11.0 Å². The number of imidazole rings is 1. The first kappa shape index (κ1) is 8.52. The second kappa shape index (κ2) is 3.71. The summed E-state index contributed by atoms with van der Waals surface area (Å²) in [5.41, 5.74) is 0. The lowest BCUT2D eigenvalue weighted by molar-refractivity contribution is -0.674. The fraction of sp³-hybridized carbons (Fsp3) is 0.250. The highest BCUT2D eigenvalue weighted by Crippen LogP contribution is 2.02. The largest absolute Gasteiger partial charge is 0.463 e. The molecule has 0 aromatic carbocycles. The average molecular weight is 167 g/mol. The van der Waals surface area contributed by atoms with Gasteiger partial charge in [0.05, 0.1) is 7.05 Å². The Morgan fingerprint density at radius 1 is 1.83 bits per heavy atom. The van der Waals surface area contributed by atoms with Crippen molar-refractivity contribution in [3.8, 4) is 6.01 Å². The van der Waals surface area contributed by atoms with Gasteiger partial charge in [-0.05, 0) is 0 Å². The van der Waals surface area contributed by atoms with E-state index in [0.717, 1.165) is 0 Å². The van der Waals surface area contributed by atoms with Crippen LogP contribution in [0.4, 0.5) is 0 Å². The Balaban J connectivity index is 2.94. The lowest BCUT2D eigenvalue weighted by atomic mass is 10.6. The minimum Gasteiger partial charge on any atom is -0.360 e. The lowest BCUT2D eigenvalue weighted by Gasteiger charge is -1.94. The first-order valence-corrected chi connectivity index (χ1v) is 3.55. The van der Waals surface area contributed by atoms with Crippen molar-refractivity contribution >= 4 is 6.47 Å². The van der Waals surface area contributed by atoms with Gasteiger partial charge in [-0.3, -0.25) is 4.79 Å². The van der Waals surface area contributed by atoms with Crippen molar-refractivity contribution in [3.63, 3.8) is 0 Å². The summed E-state index contributed by atoms with van der Waals surface area (Å²) in [7, 11) is 1.80. The van der Waals surface area contributed by atoms with E-state index >= 15 is 0 Å². The van der Waals surface area contributed by atoms with E-state index < -0.39 is 0 Å². The van der Waals surface area contributed by atoms with E-state index in [2.05, 4.69) is 6.58 Å². The van der Waals surface area contributed by atoms with Crippen molar-refractivity contribution in [2.24, 2.45) is 7.05 Å². The summed E-state index contributed by atoms with van der Waals surface area (Å²) in [5, 5.41) is 0. The molecule has 64 valence electrons. The maximum atomic E-state index is 10.1. The number of hydrogen-bond acceptors (Lipinski definition) is 2. The average Bonchev–Trinajstić information content (AvgIpc) is 2.37. The predicted molar refractivity (Wildman–Crippen MR) is 42.5 cm³/mol. The molecule has 0 spiro atoms. The van der Waals surface area contributed by atoms with Crippen LogP contribution in [-0.2, 0) is 18.4 Å². The minimum absolute atomic E-state index is 0.412. The van der Waals surface area contributed by atoms with E-state index in [0.29, 0.717) is 19.0 Å². The van der Waals surface area contributed by atoms with Gasteiger partial charge in [-0.25, -0.2) is 0 Å². The topological polar surface area (TPSA) is 35.1 Å². The monoisotopic (exact) mass is 167 g/mol. The summed E-state index contributed by atoms with van der Waals surface area (Å²) in [6, 6.07) is 0.505. The van der Waals surface area contributed by atoms with E-state index in [9.17, 15) is 4.79 Å². The molecule has 1 aromatic rings. The van der Waals surface area contributed by atoms with E-state index in [-0.39, 0.29) is 0 Å². The number of allylic oxidation sites excluding steroid dienone is 1. The number of carbonyl (C=O) groups excluding carboxylic acids is 1. The third-order valence-electron chi connectivity index (χ3n) is 1.50. The summed E-state index contributed by atoms with van der Waals surface area (Å²) in [6.07, 6.45) is 5.36. The first-order valence-electron chi connectivity index (χ1n) is 3.55. The Morgan fingerprint density at radius 3 is 3.17 bits per heavy atom. The Bertz CT molecular complexity index is 291. The SMILES string of the molecule is C=CCn1cc[n+](C)c1OC=O. The van der Waals surface area contributed by atoms with Crippen LogP contribution in [0.5, 0.6) is 6.01 Å². The number of aryl methyl sites for hydroxylation is 1. The fourth-order valence-corrected chi connectivity index (χ4v) is 0.983. The lowest BCUT2D eigenvalue weighted by Crippen LogP contribution is -2.28. The molecule has 0 amide bonds. The van der Waals surface area contributed by atoms with Crippen LogP contribution >= 0.6 is 0 Å². The summed E-state index contributed by atoms with van der Waals surface area (Å²) in [4.78, 5) is 10.1. The van der Waals surface area contributed by atoms with Crippen molar-refractivity contribution in [1.29, 1.82) is 0 Å². The van der Waals surface area contributed by atoms with Crippen LogP contribution in [0.2, 0.25) is 0 Å². The molecule has 0 aliphatic rings. The second-order valence-corrected chi connectivity index (χ2v) is 2.35. The zero-order chi connectivity index (χ0) is 8.97. The molecule has 0 N–H and O–H groups in total. The fourth-order valence-electron chi connectivity index (χ4n) is 0.983. The van der Waals surface area contributed by atoms with Gasteiger partial charge in [-0.2, -0.15) is 9.13 Å². The molecule has 0 bridgehead atoms. The number of carbonyl (C=O) groups is 1. The Labute approximate surface area is 70.7 Å². The minimum atomic E-state index is 0.412. The number of hydrogen-bond donors (Lipinski definition) is 0. The molecule has 1 heterocycles. The smallest absolute Gasteiger partial charge is 0.360 e. The highest BCUT2D eigenvalue weighted by atomic mass is 16.5. The van der Waals surface area contributed by atoms with Crippen molar-refractivity contribution in [2.75, 3.05) is 0 Å². The highest BCUT2D eigenvalue weighted by Gasteiger charge is 2.14. The van der Waals surface area contributed by atoms with Crippen LogP contribution in [0.3, 0.4) is 0 Å². The predicted octanol–water partition coefficient (Wildman–Crippen LogP) is 0.0338. The number of rotatable bonds is 4. The number of ether oxygens (including phenoxy) is 1. The van der Waals surface area contributed by atoms with Crippen molar-refractivity contribution in [3.05, 3.63) is 25.0 Å². The second-order valence-electron chi connectivity index (χ2n) is 2.35. The summed E-state index contributed by atoms with van der Waals surface area (Å²) >= 11 is 0. The molecule has 4 heteroatoms. The van der Waals surface area contributed by atoms with Crippen LogP contribution < -0.4 is 9.30 Å². The van der Waals surface area contributed by atoms with E-state index in [1.807, 2.05) is 12.4 Å². The summed E-state index contributed by atoms with van der Waals surface area (Å²) in [5.74, 6) is 0. The molecule has 4 nitrogen and oxygen atoms in total. The third kappa shape index (κ3) is 1.53. The van der Waals surface area contributed by atoms with Gasteiger partial charge >= 0.3 is 12.5 Å². The molecule has 0 aliphatic carbocycles. The number of nitrogens with zero attached hydrogens (tertiary/aromatic N) is 2. The first-order chi connectivity index (χ1) is 5.79. The number of aromatic nitrogens is 2. The van der Waals surface area contributed by atoms with Gasteiger partial charge in [0, 0.05) is 0 Å². The van der Waals surface area contributed by atoms with Gasteiger partial charge in [0.25, 0.3) is 0 Å². The summed E-state index contributed by atoms with van der Waals surface area (Å²) in [6.45, 7) is 4.63. The van der Waals surface area contributed by atoms with Crippen molar-refractivity contribution < 1.29 is 14.1 Å². The maximum Gasteiger partial charge on any atom is 0.463 e. The van der Waals surface area contributed by atoms with Gasteiger partial charge in [-0.15, -0.1) is 0 Å². The van der Waals surface area contributed by atoms with Gasteiger partial charge in [0.1, 0.15) is 18.9 Å². The summed E-state index contributed by atoms with van der Waals surface area (Å²) < 4.78 is 8.26. The van der Waals surface area contributed by atoms with Gasteiger partial charge in [0.15, 0.2) is 0 Å². The van der Waals surface area contributed by atoms with Gasteiger partial charge in [-0.1, -0.05) is 12.7 Å². The van der Waals surface area contributed by atoms with Crippen molar-refractivity contribution in [1.82, 2.24) is 4.57 Å². The molecular weight excluding hydrogens is 156 g/mol. The highest BCUT2D eigenvalue weighted by molar-refractivity contribution is 5.40. The zero-order valence-corrected chi connectivity index (χ0v) is 6.93. The van der Waals surface area contributed by atoms with Gasteiger partial charge < -0.3 is 4.74 Å². The van der Waals surface area contributed by atoms with Crippen LogP contribution in [0.15, 0.2) is 25.0 Å². The van der Waals surface area contributed by atoms with Crippen LogP contribution in [0.1, 0.15) is 0 Å². The molecule has 0 atom stereocenters. The molecule has 0 fully saturated rings. The molecule has 0 saturated carbocycles. The molecule has 0 radical (unpaired) electrons. The van der Waals surface area contributed by atoms with E-state index in [1.165, 1.54) is 0 Å². The molecule has 0 saturated heterocycles. The quantitative estimate of drug-likeness (QED) is 0.360. The maximum absolute atomic E-state index is 10.1. The molecule has 12 heavy (non-hydrogen) atoms. The zero-order valence-electron chi connectivity index (χ0n) is 6.93.